The van der Waals surface area contributed by atoms with Crippen LogP contribution in [0.4, 0.5) is 0 Å². The molecule has 1 unspecified atom stereocenters. The molecule has 1 fully saturated rings. The predicted octanol–water partition coefficient (Wildman–Crippen LogP) is 4.64. The highest BCUT2D eigenvalue weighted by Crippen LogP contribution is 2.41. The summed E-state index contributed by atoms with van der Waals surface area (Å²) in [4.78, 5) is 8.61. The van der Waals surface area contributed by atoms with Gasteiger partial charge in [0.1, 0.15) is 0 Å². The molecule has 0 spiro atoms. The molecule has 1 aliphatic rings. The SMILES string of the molecule is Cc1cccc(C(c2sc3nc(-c4ccco4)nn3c2O)N2CCCCC2)c1. The molecule has 0 radical (unpaired) electrons. The van der Waals surface area contributed by atoms with E-state index in [1.807, 2.05) is 6.07 Å². The van der Waals surface area contributed by atoms with E-state index in [2.05, 4.69) is 46.2 Å². The lowest BCUT2D eigenvalue weighted by atomic mass is 9.99. The molecule has 4 aromatic rings. The summed E-state index contributed by atoms with van der Waals surface area (Å²) in [6.07, 6.45) is 5.24. The molecule has 0 saturated carbocycles. The molecular formula is C21H22N4O2S. The fourth-order valence-corrected chi connectivity index (χ4v) is 5.10. The van der Waals surface area contributed by atoms with E-state index in [1.165, 1.54) is 46.2 Å². The van der Waals surface area contributed by atoms with Crippen molar-refractivity contribution in [2.75, 3.05) is 13.1 Å². The zero-order valence-corrected chi connectivity index (χ0v) is 16.5. The molecule has 1 saturated heterocycles. The van der Waals surface area contributed by atoms with Crippen molar-refractivity contribution in [3.63, 3.8) is 0 Å². The zero-order chi connectivity index (χ0) is 19.1. The molecule has 28 heavy (non-hydrogen) atoms. The van der Waals surface area contributed by atoms with Gasteiger partial charge >= 0.3 is 0 Å². The fraction of sp³-hybridized carbons (Fsp3) is 0.333. The average molecular weight is 395 g/mol. The van der Waals surface area contributed by atoms with Gasteiger partial charge in [-0.15, -0.1) is 5.10 Å². The summed E-state index contributed by atoms with van der Waals surface area (Å²) in [5, 5.41) is 15.5. The van der Waals surface area contributed by atoms with Gasteiger partial charge in [-0.05, 0) is 50.6 Å². The second-order valence-electron chi connectivity index (χ2n) is 7.31. The minimum atomic E-state index is 0.0146. The van der Waals surface area contributed by atoms with Crippen LogP contribution in [0.25, 0.3) is 16.5 Å². The van der Waals surface area contributed by atoms with E-state index in [0.29, 0.717) is 16.5 Å². The third-order valence-electron chi connectivity index (χ3n) is 5.30. The van der Waals surface area contributed by atoms with E-state index in [0.717, 1.165) is 18.0 Å². The van der Waals surface area contributed by atoms with Gasteiger partial charge in [-0.2, -0.15) is 9.50 Å². The molecule has 144 valence electrons. The Bertz CT molecular complexity index is 1090. The van der Waals surface area contributed by atoms with Crippen molar-refractivity contribution in [3.8, 4) is 17.5 Å². The molecule has 0 aliphatic carbocycles. The smallest absolute Gasteiger partial charge is 0.230 e. The Hall–Kier alpha value is -2.64. The number of fused-ring (bicyclic) bond motifs is 1. The highest BCUT2D eigenvalue weighted by Gasteiger charge is 2.30. The summed E-state index contributed by atoms with van der Waals surface area (Å²) >= 11 is 1.50. The molecule has 5 rings (SSSR count). The minimum absolute atomic E-state index is 0.0146. The van der Waals surface area contributed by atoms with E-state index >= 15 is 0 Å². The van der Waals surface area contributed by atoms with Gasteiger partial charge in [-0.3, -0.25) is 4.90 Å². The lowest BCUT2D eigenvalue weighted by Gasteiger charge is -2.34. The Morgan fingerprint density at radius 1 is 1.14 bits per heavy atom. The number of thiazole rings is 1. The van der Waals surface area contributed by atoms with Gasteiger partial charge in [0, 0.05) is 0 Å². The van der Waals surface area contributed by atoms with Crippen LogP contribution in [0, 0.1) is 6.92 Å². The van der Waals surface area contributed by atoms with Gasteiger partial charge in [-0.25, -0.2) is 0 Å². The maximum atomic E-state index is 11.0. The van der Waals surface area contributed by atoms with Crippen LogP contribution in [0.5, 0.6) is 5.88 Å². The van der Waals surface area contributed by atoms with Gasteiger partial charge in [-0.1, -0.05) is 47.6 Å². The van der Waals surface area contributed by atoms with Crippen LogP contribution >= 0.6 is 11.3 Å². The standard InChI is InChI=1S/C21H22N4O2S/c1-14-7-5-8-15(13-14)17(24-10-3-2-4-11-24)18-20(26)25-21(28-18)22-19(23-25)16-9-6-12-27-16/h5-9,12-13,17,26H,2-4,10-11H2,1H3. The first kappa shape index (κ1) is 17.5. The molecule has 1 atom stereocenters. The van der Waals surface area contributed by atoms with Gasteiger partial charge < -0.3 is 9.52 Å². The number of nitrogens with zero attached hydrogens (tertiary/aromatic N) is 4. The number of benzene rings is 1. The first-order valence-electron chi connectivity index (χ1n) is 9.63. The number of hydrogen-bond acceptors (Lipinski definition) is 6. The van der Waals surface area contributed by atoms with Crippen molar-refractivity contribution >= 4 is 16.3 Å². The molecule has 1 N–H and O–H groups in total. The maximum absolute atomic E-state index is 11.0. The van der Waals surface area contributed by atoms with Crippen LogP contribution in [-0.4, -0.2) is 37.7 Å². The zero-order valence-electron chi connectivity index (χ0n) is 15.7. The number of aryl methyl sites for hydroxylation is 1. The first-order valence-corrected chi connectivity index (χ1v) is 10.5. The summed E-state index contributed by atoms with van der Waals surface area (Å²) in [6.45, 7) is 4.17. The average Bonchev–Trinajstić information content (AvgIpc) is 3.42. The highest BCUT2D eigenvalue weighted by molar-refractivity contribution is 7.17. The Morgan fingerprint density at radius 2 is 2.00 bits per heavy atom. The van der Waals surface area contributed by atoms with Gasteiger partial charge in [0.25, 0.3) is 0 Å². The summed E-state index contributed by atoms with van der Waals surface area (Å²) in [6, 6.07) is 12.2. The second kappa shape index (κ2) is 7.07. The van der Waals surface area contributed by atoms with Crippen molar-refractivity contribution < 1.29 is 9.52 Å². The van der Waals surface area contributed by atoms with Crippen molar-refractivity contribution in [1.29, 1.82) is 0 Å². The van der Waals surface area contributed by atoms with Crippen LogP contribution in [0.15, 0.2) is 47.1 Å². The molecule has 6 nitrogen and oxygen atoms in total. The van der Waals surface area contributed by atoms with Crippen molar-refractivity contribution in [2.24, 2.45) is 0 Å². The molecule has 3 aromatic heterocycles. The third kappa shape index (κ3) is 3.00. The molecule has 4 heterocycles. The van der Waals surface area contributed by atoms with Gasteiger partial charge in [0.2, 0.25) is 16.7 Å². The molecule has 1 aliphatic heterocycles. The lowest BCUT2D eigenvalue weighted by Crippen LogP contribution is -2.34. The number of furan rings is 1. The topological polar surface area (TPSA) is 66.8 Å². The first-order chi connectivity index (χ1) is 13.7. The van der Waals surface area contributed by atoms with Gasteiger partial charge in [0.15, 0.2) is 5.76 Å². The molecular weight excluding hydrogens is 372 g/mol. The number of likely N-dealkylation sites (tertiary alicyclic amines) is 1. The highest BCUT2D eigenvalue weighted by atomic mass is 32.1. The largest absolute Gasteiger partial charge is 0.492 e. The minimum Gasteiger partial charge on any atom is -0.492 e. The molecule has 0 amide bonds. The van der Waals surface area contributed by atoms with E-state index in [9.17, 15) is 5.11 Å². The van der Waals surface area contributed by atoms with Crippen LogP contribution in [-0.2, 0) is 0 Å². The van der Waals surface area contributed by atoms with Crippen LogP contribution in [0.1, 0.15) is 41.3 Å². The number of rotatable bonds is 4. The van der Waals surface area contributed by atoms with Crippen LogP contribution in [0.2, 0.25) is 0 Å². The Morgan fingerprint density at radius 3 is 2.71 bits per heavy atom. The molecule has 7 heteroatoms. The fourth-order valence-electron chi connectivity index (χ4n) is 3.98. The van der Waals surface area contributed by atoms with E-state index in [1.54, 1.807) is 12.3 Å². The van der Waals surface area contributed by atoms with Crippen LogP contribution < -0.4 is 0 Å². The van der Waals surface area contributed by atoms with Crippen LogP contribution in [0.3, 0.4) is 0 Å². The van der Waals surface area contributed by atoms with Crippen molar-refractivity contribution in [2.45, 2.75) is 32.2 Å². The Balaban J connectivity index is 1.60. The van der Waals surface area contributed by atoms with E-state index in [4.69, 9.17) is 4.42 Å². The summed E-state index contributed by atoms with van der Waals surface area (Å²) < 4.78 is 6.92. The second-order valence-corrected chi connectivity index (χ2v) is 8.32. The van der Waals surface area contributed by atoms with Crippen molar-refractivity contribution in [3.05, 3.63) is 58.7 Å². The maximum Gasteiger partial charge on any atom is 0.230 e. The number of hydrogen-bond donors (Lipinski definition) is 1. The third-order valence-corrected chi connectivity index (χ3v) is 6.38. The summed E-state index contributed by atoms with van der Waals surface area (Å²) in [7, 11) is 0. The van der Waals surface area contributed by atoms with E-state index in [-0.39, 0.29) is 11.9 Å². The molecule has 1 aromatic carbocycles. The monoisotopic (exact) mass is 394 g/mol. The quantitative estimate of drug-likeness (QED) is 0.546. The van der Waals surface area contributed by atoms with E-state index < -0.39 is 0 Å². The summed E-state index contributed by atoms with van der Waals surface area (Å²) in [5.74, 6) is 1.26. The normalized spacial score (nSPS) is 16.6. The van der Waals surface area contributed by atoms with Gasteiger partial charge in [0.05, 0.1) is 17.2 Å². The number of piperidine rings is 1. The van der Waals surface area contributed by atoms with Crippen molar-refractivity contribution in [1.82, 2.24) is 19.5 Å². The Labute approximate surface area is 167 Å². The number of aromatic nitrogens is 3. The lowest BCUT2D eigenvalue weighted by molar-refractivity contribution is 0.186. The summed E-state index contributed by atoms with van der Waals surface area (Å²) in [5.41, 5.74) is 2.42. The number of aromatic hydroxyl groups is 1. The molecule has 0 bridgehead atoms. The predicted molar refractivity (Wildman–Crippen MR) is 109 cm³/mol. The Kier molecular flexibility index (Phi) is 4.41.